The largest absolute Gasteiger partial charge is 0.387 e. The maximum atomic E-state index is 13.9. The molecule has 166 valence electrons. The first-order chi connectivity index (χ1) is 14.6. The van der Waals surface area contributed by atoms with Crippen molar-refractivity contribution in [2.45, 2.75) is 32.0 Å². The van der Waals surface area contributed by atoms with Gasteiger partial charge in [-0.15, -0.1) is 0 Å². The molecule has 0 radical (unpaired) electrons. The second-order valence-corrected chi connectivity index (χ2v) is 7.75. The maximum absolute atomic E-state index is 13.9. The third-order valence-electron chi connectivity index (χ3n) is 4.40. The van der Waals surface area contributed by atoms with Crippen LogP contribution in [0.1, 0.15) is 24.2 Å². The molecule has 12 heteroatoms. The van der Waals surface area contributed by atoms with E-state index in [1.54, 1.807) is 6.20 Å². The van der Waals surface area contributed by atoms with Crippen molar-refractivity contribution in [3.8, 4) is 11.3 Å². The zero-order chi connectivity index (χ0) is 22.8. The minimum Gasteiger partial charge on any atom is -0.387 e. The molecule has 1 amide bonds. The predicted molar refractivity (Wildman–Crippen MR) is 109 cm³/mol. The molecule has 3 rings (SSSR count). The van der Waals surface area contributed by atoms with Crippen molar-refractivity contribution >= 4 is 28.8 Å². The molecule has 0 aromatic carbocycles. The molecule has 1 atom stereocenters. The first kappa shape index (κ1) is 22.8. The number of amides is 1. The Kier molecular flexibility index (Phi) is 6.65. The summed E-state index contributed by atoms with van der Waals surface area (Å²) >= 11 is 5.90. The van der Waals surface area contributed by atoms with Crippen molar-refractivity contribution in [1.82, 2.24) is 24.9 Å². The number of alkyl halides is 3. The van der Waals surface area contributed by atoms with Crippen LogP contribution in [0.2, 0.25) is 5.02 Å². The molecule has 3 heterocycles. The summed E-state index contributed by atoms with van der Waals surface area (Å²) < 4.78 is 40.9. The Morgan fingerprint density at radius 1 is 1.23 bits per heavy atom. The van der Waals surface area contributed by atoms with E-state index >= 15 is 0 Å². The van der Waals surface area contributed by atoms with Gasteiger partial charge in [-0.1, -0.05) is 11.6 Å². The van der Waals surface area contributed by atoms with Crippen LogP contribution < -0.4 is 10.6 Å². The Bertz CT molecular complexity index is 1090. The summed E-state index contributed by atoms with van der Waals surface area (Å²) in [6.45, 7) is 1.37. The smallest absolute Gasteiger partial charge is 0.255 e. The fourth-order valence-electron chi connectivity index (χ4n) is 2.68. The minimum atomic E-state index is -2.67. The van der Waals surface area contributed by atoms with Gasteiger partial charge in [-0.25, -0.2) is 22.7 Å². The Morgan fingerprint density at radius 2 is 1.97 bits per heavy atom. The minimum absolute atomic E-state index is 0.0557. The van der Waals surface area contributed by atoms with Crippen molar-refractivity contribution in [3.05, 3.63) is 41.4 Å². The number of rotatable bonds is 8. The number of halogens is 4. The number of aromatic nitrogens is 4. The standard InChI is InChI=1S/C19H20ClF3N6O2/c1-19(2,31)15(21)7-27-18(30)12-5-24-13(3-14(12)25-8-16(22)23)11-6-28-29-9-10(20)4-26-17(11)29/h3-6,9,15-16,31H,7-8H2,1-2H3,(H,24,25)(H,27,30)/t15-/m1/s1. The van der Waals surface area contributed by atoms with Crippen LogP contribution in [0.4, 0.5) is 18.9 Å². The molecule has 0 saturated carbocycles. The Hall–Kier alpha value is -2.92. The third kappa shape index (κ3) is 5.42. The van der Waals surface area contributed by atoms with Gasteiger partial charge in [0.15, 0.2) is 5.65 Å². The lowest BCUT2D eigenvalue weighted by molar-refractivity contribution is -0.00177. The highest BCUT2D eigenvalue weighted by Crippen LogP contribution is 2.27. The summed E-state index contributed by atoms with van der Waals surface area (Å²) in [5.74, 6) is -0.729. The number of fused-ring (bicyclic) bond motifs is 1. The molecule has 0 spiro atoms. The summed E-state index contributed by atoms with van der Waals surface area (Å²) in [5, 5.41) is 19.0. The number of hydrogen-bond acceptors (Lipinski definition) is 6. The molecule has 8 nitrogen and oxygen atoms in total. The number of anilines is 1. The predicted octanol–water partition coefficient (Wildman–Crippen LogP) is 2.96. The summed E-state index contributed by atoms with van der Waals surface area (Å²) in [6.07, 6.45) is 1.25. The maximum Gasteiger partial charge on any atom is 0.255 e. The van der Waals surface area contributed by atoms with Gasteiger partial charge in [-0.05, 0) is 19.9 Å². The van der Waals surface area contributed by atoms with Gasteiger partial charge in [0.05, 0.1) is 58.6 Å². The molecule has 3 N–H and O–H groups in total. The van der Waals surface area contributed by atoms with E-state index in [0.29, 0.717) is 21.9 Å². The van der Waals surface area contributed by atoms with Crippen LogP contribution in [-0.4, -0.2) is 61.9 Å². The Labute approximate surface area is 180 Å². The van der Waals surface area contributed by atoms with Gasteiger partial charge in [0.25, 0.3) is 12.3 Å². The van der Waals surface area contributed by atoms with E-state index < -0.39 is 37.2 Å². The van der Waals surface area contributed by atoms with Crippen molar-refractivity contribution < 1.29 is 23.1 Å². The number of nitrogens with zero attached hydrogens (tertiary/aromatic N) is 4. The molecule has 0 fully saturated rings. The summed E-state index contributed by atoms with van der Waals surface area (Å²) in [6, 6.07) is 1.41. The fourth-order valence-corrected chi connectivity index (χ4v) is 2.82. The zero-order valence-corrected chi connectivity index (χ0v) is 17.4. The molecule has 0 saturated heterocycles. The van der Waals surface area contributed by atoms with Gasteiger partial charge >= 0.3 is 0 Å². The van der Waals surface area contributed by atoms with Crippen molar-refractivity contribution in [3.63, 3.8) is 0 Å². The number of nitrogens with one attached hydrogen (secondary N) is 2. The zero-order valence-electron chi connectivity index (χ0n) is 16.6. The lowest BCUT2D eigenvalue weighted by Gasteiger charge is -2.22. The molecule has 0 aliphatic carbocycles. The van der Waals surface area contributed by atoms with E-state index in [9.17, 15) is 23.1 Å². The monoisotopic (exact) mass is 456 g/mol. The van der Waals surface area contributed by atoms with Gasteiger partial charge in [0.1, 0.15) is 6.17 Å². The average molecular weight is 457 g/mol. The van der Waals surface area contributed by atoms with Crippen molar-refractivity contribution in [2.24, 2.45) is 0 Å². The second kappa shape index (κ2) is 9.06. The number of carbonyl (C=O) groups excluding carboxylic acids is 1. The molecule has 3 aromatic heterocycles. The highest BCUT2D eigenvalue weighted by Gasteiger charge is 2.27. The molecule has 0 aliphatic heterocycles. The number of carbonyl (C=O) groups is 1. The number of pyridine rings is 1. The first-order valence-corrected chi connectivity index (χ1v) is 9.60. The van der Waals surface area contributed by atoms with Crippen LogP contribution in [0, 0.1) is 0 Å². The number of aliphatic hydroxyl groups is 1. The van der Waals surface area contributed by atoms with Crippen LogP contribution in [0.15, 0.2) is 30.9 Å². The van der Waals surface area contributed by atoms with Crippen molar-refractivity contribution in [2.75, 3.05) is 18.4 Å². The molecular formula is C19H20ClF3N6O2. The quantitative estimate of drug-likeness (QED) is 0.481. The van der Waals surface area contributed by atoms with Gasteiger partial charge in [0.2, 0.25) is 0 Å². The molecule has 31 heavy (non-hydrogen) atoms. The van der Waals surface area contributed by atoms with Crippen LogP contribution in [0.5, 0.6) is 0 Å². The van der Waals surface area contributed by atoms with Crippen molar-refractivity contribution in [1.29, 1.82) is 0 Å². The topological polar surface area (TPSA) is 104 Å². The fraction of sp³-hybridized carbons (Fsp3) is 0.368. The van der Waals surface area contributed by atoms with E-state index in [-0.39, 0.29) is 11.3 Å². The molecule has 0 unspecified atom stereocenters. The van der Waals surface area contributed by atoms with Gasteiger partial charge in [-0.2, -0.15) is 5.10 Å². The SMILES string of the molecule is CC(C)(O)[C@H](F)CNC(=O)c1cnc(-c2cnn3cc(Cl)cnc23)cc1NCC(F)F. The third-order valence-corrected chi connectivity index (χ3v) is 4.60. The summed E-state index contributed by atoms with van der Waals surface area (Å²) in [5.41, 5.74) is -0.368. The number of hydrogen-bond donors (Lipinski definition) is 3. The lowest BCUT2D eigenvalue weighted by Crippen LogP contribution is -2.42. The average Bonchev–Trinajstić information content (AvgIpc) is 3.12. The molecular weight excluding hydrogens is 437 g/mol. The van der Waals surface area contributed by atoms with Crippen LogP contribution >= 0.6 is 11.6 Å². The highest BCUT2D eigenvalue weighted by atomic mass is 35.5. The van der Waals surface area contributed by atoms with E-state index in [2.05, 4.69) is 25.7 Å². The summed E-state index contributed by atoms with van der Waals surface area (Å²) in [7, 11) is 0. The second-order valence-electron chi connectivity index (χ2n) is 7.32. The Morgan fingerprint density at radius 3 is 2.65 bits per heavy atom. The lowest BCUT2D eigenvalue weighted by atomic mass is 10.0. The molecule has 0 bridgehead atoms. The molecule has 3 aromatic rings. The van der Waals surface area contributed by atoms with E-state index in [4.69, 9.17) is 11.6 Å². The van der Waals surface area contributed by atoms with Crippen LogP contribution in [0.3, 0.4) is 0 Å². The van der Waals surface area contributed by atoms with E-state index in [1.807, 2.05) is 0 Å². The van der Waals surface area contributed by atoms with Crippen LogP contribution in [0.25, 0.3) is 16.9 Å². The van der Waals surface area contributed by atoms with E-state index in [0.717, 1.165) is 0 Å². The molecule has 0 aliphatic rings. The van der Waals surface area contributed by atoms with Crippen LogP contribution in [-0.2, 0) is 0 Å². The van der Waals surface area contributed by atoms with Gasteiger partial charge < -0.3 is 15.7 Å². The Balaban J connectivity index is 1.92. The normalized spacial score (nSPS) is 12.9. The first-order valence-electron chi connectivity index (χ1n) is 9.22. The van der Waals surface area contributed by atoms with E-state index in [1.165, 1.54) is 43.0 Å². The van der Waals surface area contributed by atoms with Gasteiger partial charge in [0, 0.05) is 12.4 Å². The van der Waals surface area contributed by atoms with Gasteiger partial charge in [-0.3, -0.25) is 9.78 Å². The summed E-state index contributed by atoms with van der Waals surface area (Å²) in [4.78, 5) is 20.9. The highest BCUT2D eigenvalue weighted by molar-refractivity contribution is 6.30.